The van der Waals surface area contributed by atoms with Gasteiger partial charge in [0.25, 0.3) is 0 Å². The van der Waals surface area contributed by atoms with E-state index in [0.29, 0.717) is 18.2 Å². The summed E-state index contributed by atoms with van der Waals surface area (Å²) in [6.07, 6.45) is 2.96. The summed E-state index contributed by atoms with van der Waals surface area (Å²) in [5.41, 5.74) is 0.613. The van der Waals surface area contributed by atoms with Crippen LogP contribution in [-0.4, -0.2) is 27.9 Å². The van der Waals surface area contributed by atoms with Gasteiger partial charge in [-0.25, -0.2) is 0 Å². The monoisotopic (exact) mass is 223 g/mol. The van der Waals surface area contributed by atoms with E-state index in [1.807, 2.05) is 0 Å². The molecule has 1 aliphatic carbocycles. The minimum Gasteiger partial charge on any atom is -0.504 e. The molecule has 0 spiro atoms. The zero-order valence-electron chi connectivity index (χ0n) is 9.06. The van der Waals surface area contributed by atoms with Crippen LogP contribution < -0.4 is 5.32 Å². The Morgan fingerprint density at radius 2 is 2.00 bits per heavy atom. The summed E-state index contributed by atoms with van der Waals surface area (Å²) >= 11 is 0. The molecule has 1 atom stereocenters. The van der Waals surface area contributed by atoms with Gasteiger partial charge in [-0.3, -0.25) is 0 Å². The Hall–Kier alpha value is -1.26. The molecule has 0 unspecified atom stereocenters. The zero-order chi connectivity index (χ0) is 11.5. The normalized spacial score (nSPS) is 18.1. The third-order valence-electron chi connectivity index (χ3n) is 3.09. The summed E-state index contributed by atoms with van der Waals surface area (Å²) in [6, 6.07) is 4.92. The fourth-order valence-electron chi connectivity index (χ4n) is 1.76. The van der Waals surface area contributed by atoms with Gasteiger partial charge >= 0.3 is 0 Å². The van der Waals surface area contributed by atoms with E-state index in [9.17, 15) is 10.2 Å². The molecule has 4 nitrogen and oxygen atoms in total. The highest BCUT2D eigenvalue weighted by Gasteiger charge is 2.18. The topological polar surface area (TPSA) is 72.7 Å². The molecule has 1 saturated carbocycles. The number of nitrogens with one attached hydrogen (secondary N) is 1. The van der Waals surface area contributed by atoms with Crippen molar-refractivity contribution >= 4 is 0 Å². The quantitative estimate of drug-likeness (QED) is 0.580. The van der Waals surface area contributed by atoms with Crippen molar-refractivity contribution in [2.24, 2.45) is 0 Å². The Labute approximate surface area is 94.5 Å². The summed E-state index contributed by atoms with van der Waals surface area (Å²) in [7, 11) is 0. The molecule has 0 aromatic heterocycles. The number of benzene rings is 1. The van der Waals surface area contributed by atoms with Crippen LogP contribution >= 0.6 is 0 Å². The van der Waals surface area contributed by atoms with Gasteiger partial charge in [0.05, 0.1) is 6.10 Å². The van der Waals surface area contributed by atoms with Crippen molar-refractivity contribution < 1.29 is 15.3 Å². The van der Waals surface area contributed by atoms with Crippen molar-refractivity contribution in [3.63, 3.8) is 0 Å². The van der Waals surface area contributed by atoms with E-state index >= 15 is 0 Å². The van der Waals surface area contributed by atoms with Gasteiger partial charge in [0.1, 0.15) is 0 Å². The van der Waals surface area contributed by atoms with E-state index in [1.54, 1.807) is 6.07 Å². The lowest BCUT2D eigenvalue weighted by atomic mass is 9.93. The van der Waals surface area contributed by atoms with E-state index in [-0.39, 0.29) is 11.5 Å². The fourth-order valence-corrected chi connectivity index (χ4v) is 1.76. The maximum absolute atomic E-state index is 9.85. The largest absolute Gasteiger partial charge is 0.504 e. The first kappa shape index (κ1) is 11.2. The predicted molar refractivity (Wildman–Crippen MR) is 60.4 cm³/mol. The second kappa shape index (κ2) is 4.72. The van der Waals surface area contributed by atoms with E-state index in [4.69, 9.17) is 5.11 Å². The van der Waals surface area contributed by atoms with Gasteiger partial charge in [-0.05, 0) is 30.5 Å². The highest BCUT2D eigenvalue weighted by molar-refractivity contribution is 5.41. The number of rotatable bonds is 4. The first-order valence-electron chi connectivity index (χ1n) is 5.60. The molecule has 0 radical (unpaired) electrons. The standard InChI is InChI=1S/C12H17NO3/c14-10-5-4-8(6-11(10)15)12(16)7-13-9-2-1-3-9/h4-6,9,12-16H,1-3,7H2/t12-/m1/s1. The molecular weight excluding hydrogens is 206 g/mol. The third-order valence-corrected chi connectivity index (χ3v) is 3.09. The van der Waals surface area contributed by atoms with Gasteiger partial charge < -0.3 is 20.6 Å². The molecule has 0 bridgehead atoms. The Morgan fingerprint density at radius 3 is 2.56 bits per heavy atom. The van der Waals surface area contributed by atoms with Crippen LogP contribution in [0.3, 0.4) is 0 Å². The van der Waals surface area contributed by atoms with Crippen molar-refractivity contribution in [1.29, 1.82) is 0 Å². The van der Waals surface area contributed by atoms with Crippen molar-refractivity contribution in [3.05, 3.63) is 23.8 Å². The first-order chi connectivity index (χ1) is 7.66. The molecule has 1 aromatic carbocycles. The molecule has 1 fully saturated rings. The van der Waals surface area contributed by atoms with Crippen LogP contribution in [0.15, 0.2) is 18.2 Å². The molecule has 88 valence electrons. The van der Waals surface area contributed by atoms with Gasteiger partial charge in [-0.15, -0.1) is 0 Å². The van der Waals surface area contributed by atoms with Gasteiger partial charge in [0, 0.05) is 12.6 Å². The molecule has 0 saturated heterocycles. The predicted octanol–water partition coefficient (Wildman–Crippen LogP) is 1.27. The van der Waals surface area contributed by atoms with Crippen LogP contribution in [0, 0.1) is 0 Å². The van der Waals surface area contributed by atoms with Gasteiger partial charge in [-0.2, -0.15) is 0 Å². The highest BCUT2D eigenvalue weighted by Crippen LogP contribution is 2.28. The average Bonchev–Trinajstić information content (AvgIpc) is 2.19. The molecule has 16 heavy (non-hydrogen) atoms. The summed E-state index contributed by atoms with van der Waals surface area (Å²) in [5.74, 6) is -0.358. The SMILES string of the molecule is Oc1ccc([C@H](O)CNC2CCC2)cc1O. The minimum atomic E-state index is -0.646. The van der Waals surface area contributed by atoms with Crippen LogP contribution in [-0.2, 0) is 0 Å². The van der Waals surface area contributed by atoms with Crippen molar-refractivity contribution in [3.8, 4) is 11.5 Å². The average molecular weight is 223 g/mol. The molecule has 4 heteroatoms. The van der Waals surface area contributed by atoms with Crippen LogP contribution in [0.2, 0.25) is 0 Å². The van der Waals surface area contributed by atoms with E-state index in [0.717, 1.165) is 0 Å². The number of hydrogen-bond acceptors (Lipinski definition) is 4. The molecule has 2 rings (SSSR count). The zero-order valence-corrected chi connectivity index (χ0v) is 9.06. The van der Waals surface area contributed by atoms with Gasteiger partial charge in [0.15, 0.2) is 11.5 Å². The molecular formula is C12H17NO3. The fraction of sp³-hybridized carbons (Fsp3) is 0.500. The van der Waals surface area contributed by atoms with Crippen molar-refractivity contribution in [2.75, 3.05) is 6.54 Å². The number of aliphatic hydroxyl groups excluding tert-OH is 1. The summed E-state index contributed by atoms with van der Waals surface area (Å²) in [6.45, 7) is 0.481. The van der Waals surface area contributed by atoms with Gasteiger partial charge in [0.2, 0.25) is 0 Å². The maximum Gasteiger partial charge on any atom is 0.157 e. The summed E-state index contributed by atoms with van der Waals surface area (Å²) in [5, 5.41) is 31.6. The second-order valence-corrected chi connectivity index (χ2v) is 4.30. The molecule has 4 N–H and O–H groups in total. The third kappa shape index (κ3) is 2.46. The van der Waals surface area contributed by atoms with Gasteiger partial charge in [-0.1, -0.05) is 12.5 Å². The number of aliphatic hydroxyl groups is 1. The summed E-state index contributed by atoms with van der Waals surface area (Å²) < 4.78 is 0. The lowest BCUT2D eigenvalue weighted by Gasteiger charge is -2.27. The van der Waals surface area contributed by atoms with E-state index < -0.39 is 6.10 Å². The lowest BCUT2D eigenvalue weighted by Crippen LogP contribution is -2.37. The van der Waals surface area contributed by atoms with Crippen molar-refractivity contribution in [2.45, 2.75) is 31.4 Å². The maximum atomic E-state index is 9.85. The van der Waals surface area contributed by atoms with Crippen LogP contribution in [0.4, 0.5) is 0 Å². The number of phenols is 2. The number of hydrogen-bond donors (Lipinski definition) is 4. The molecule has 1 aromatic rings. The Balaban J connectivity index is 1.91. The van der Waals surface area contributed by atoms with Crippen LogP contribution in [0.5, 0.6) is 11.5 Å². The Morgan fingerprint density at radius 1 is 1.25 bits per heavy atom. The van der Waals surface area contributed by atoms with Crippen LogP contribution in [0.25, 0.3) is 0 Å². The smallest absolute Gasteiger partial charge is 0.157 e. The minimum absolute atomic E-state index is 0.164. The molecule has 0 amide bonds. The highest BCUT2D eigenvalue weighted by atomic mass is 16.3. The Kier molecular flexibility index (Phi) is 3.31. The first-order valence-corrected chi connectivity index (χ1v) is 5.60. The van der Waals surface area contributed by atoms with E-state index in [2.05, 4.69) is 5.32 Å². The molecule has 0 heterocycles. The second-order valence-electron chi connectivity index (χ2n) is 4.30. The van der Waals surface area contributed by atoms with Crippen LogP contribution in [0.1, 0.15) is 30.9 Å². The lowest BCUT2D eigenvalue weighted by molar-refractivity contribution is 0.161. The van der Waals surface area contributed by atoms with E-state index in [1.165, 1.54) is 31.4 Å². The Bertz CT molecular complexity index is 363. The molecule has 1 aliphatic rings. The van der Waals surface area contributed by atoms with Crippen molar-refractivity contribution in [1.82, 2.24) is 5.32 Å². The number of aromatic hydroxyl groups is 2. The summed E-state index contributed by atoms with van der Waals surface area (Å²) in [4.78, 5) is 0. The molecule has 0 aliphatic heterocycles. The number of phenolic OH excluding ortho intramolecular Hbond substituents is 2.